The maximum absolute atomic E-state index is 5.71. The van der Waals surface area contributed by atoms with Gasteiger partial charge in [-0.1, -0.05) is 13.3 Å². The van der Waals surface area contributed by atoms with Gasteiger partial charge in [0.05, 0.1) is 0 Å². The zero-order valence-electron chi connectivity index (χ0n) is 11.2. The van der Waals surface area contributed by atoms with Gasteiger partial charge in [-0.25, -0.2) is 0 Å². The van der Waals surface area contributed by atoms with Gasteiger partial charge >= 0.3 is 0 Å². The minimum absolute atomic E-state index is 0.314. The SMILES string of the molecule is CCCC(C)N(C)c1cc(NCC)nc(N)n1. The fraction of sp³-hybridized carbons (Fsp3) is 0.667. The van der Waals surface area contributed by atoms with E-state index in [0.717, 1.165) is 31.0 Å². The van der Waals surface area contributed by atoms with E-state index in [-0.39, 0.29) is 0 Å². The van der Waals surface area contributed by atoms with Crippen LogP contribution in [0.1, 0.15) is 33.6 Å². The highest BCUT2D eigenvalue weighted by Gasteiger charge is 2.12. The lowest BCUT2D eigenvalue weighted by Crippen LogP contribution is -2.29. The van der Waals surface area contributed by atoms with Crippen LogP contribution < -0.4 is 16.0 Å². The van der Waals surface area contributed by atoms with Gasteiger partial charge in [-0.15, -0.1) is 0 Å². The fourth-order valence-corrected chi connectivity index (χ4v) is 1.74. The smallest absolute Gasteiger partial charge is 0.223 e. The average molecular weight is 237 g/mol. The summed E-state index contributed by atoms with van der Waals surface area (Å²) in [7, 11) is 2.04. The molecule has 0 aliphatic rings. The lowest BCUT2D eigenvalue weighted by atomic mass is 10.2. The second-order valence-electron chi connectivity index (χ2n) is 4.25. The number of hydrogen-bond acceptors (Lipinski definition) is 5. The number of rotatable bonds is 6. The summed E-state index contributed by atoms with van der Waals surface area (Å²) in [5, 5.41) is 3.16. The predicted molar refractivity (Wildman–Crippen MR) is 73.4 cm³/mol. The van der Waals surface area contributed by atoms with Gasteiger partial charge in [-0.05, 0) is 20.3 Å². The number of nitrogens with one attached hydrogen (secondary N) is 1. The first-order valence-corrected chi connectivity index (χ1v) is 6.19. The fourth-order valence-electron chi connectivity index (χ4n) is 1.74. The maximum Gasteiger partial charge on any atom is 0.223 e. The molecule has 0 fully saturated rings. The second-order valence-corrected chi connectivity index (χ2v) is 4.25. The molecule has 0 saturated carbocycles. The molecule has 1 heterocycles. The lowest BCUT2D eigenvalue weighted by molar-refractivity contribution is 0.611. The van der Waals surface area contributed by atoms with Crippen molar-refractivity contribution in [1.29, 1.82) is 0 Å². The molecular weight excluding hydrogens is 214 g/mol. The quantitative estimate of drug-likeness (QED) is 0.793. The molecule has 96 valence electrons. The summed E-state index contributed by atoms with van der Waals surface area (Å²) in [6.07, 6.45) is 2.29. The molecule has 1 unspecified atom stereocenters. The molecule has 0 aromatic carbocycles. The average Bonchev–Trinajstić information content (AvgIpc) is 2.28. The zero-order valence-corrected chi connectivity index (χ0v) is 11.2. The van der Waals surface area contributed by atoms with Crippen molar-refractivity contribution < 1.29 is 0 Å². The molecule has 0 amide bonds. The van der Waals surface area contributed by atoms with Crippen LogP contribution in [0.4, 0.5) is 17.6 Å². The van der Waals surface area contributed by atoms with Gasteiger partial charge in [0.2, 0.25) is 5.95 Å². The van der Waals surface area contributed by atoms with Gasteiger partial charge in [-0.3, -0.25) is 0 Å². The van der Waals surface area contributed by atoms with Gasteiger partial charge in [0.15, 0.2) is 0 Å². The van der Waals surface area contributed by atoms with Crippen LogP contribution in [0.3, 0.4) is 0 Å². The minimum atomic E-state index is 0.314. The first kappa shape index (κ1) is 13.5. The first-order valence-electron chi connectivity index (χ1n) is 6.19. The van der Waals surface area contributed by atoms with E-state index in [4.69, 9.17) is 5.73 Å². The number of anilines is 3. The van der Waals surface area contributed by atoms with E-state index in [9.17, 15) is 0 Å². The topological polar surface area (TPSA) is 67.1 Å². The Bertz CT molecular complexity index is 353. The standard InChI is InChI=1S/C12H23N5/c1-5-7-9(3)17(4)11-8-10(14-6-2)15-12(13)16-11/h8-9H,5-7H2,1-4H3,(H3,13,14,15,16). The van der Waals surface area contributed by atoms with Crippen LogP contribution in [0.25, 0.3) is 0 Å². The molecule has 17 heavy (non-hydrogen) atoms. The highest BCUT2D eigenvalue weighted by atomic mass is 15.2. The summed E-state index contributed by atoms with van der Waals surface area (Å²) >= 11 is 0. The third kappa shape index (κ3) is 3.76. The molecule has 0 aliphatic carbocycles. The molecule has 1 aromatic heterocycles. The van der Waals surface area contributed by atoms with Crippen molar-refractivity contribution in [1.82, 2.24) is 9.97 Å². The van der Waals surface area contributed by atoms with Crippen LogP contribution in [0.5, 0.6) is 0 Å². The number of aromatic nitrogens is 2. The Morgan fingerprint density at radius 3 is 2.71 bits per heavy atom. The van der Waals surface area contributed by atoms with Crippen molar-refractivity contribution in [2.75, 3.05) is 29.5 Å². The monoisotopic (exact) mass is 237 g/mol. The normalized spacial score (nSPS) is 12.2. The summed E-state index contributed by atoms with van der Waals surface area (Å²) in [5.74, 6) is 1.97. The van der Waals surface area contributed by atoms with Crippen LogP contribution >= 0.6 is 0 Å². The number of hydrogen-bond donors (Lipinski definition) is 2. The summed E-state index contributed by atoms with van der Waals surface area (Å²) in [6.45, 7) is 7.23. The molecular formula is C12H23N5. The molecule has 0 aliphatic heterocycles. The lowest BCUT2D eigenvalue weighted by Gasteiger charge is -2.26. The third-order valence-corrected chi connectivity index (χ3v) is 2.82. The highest BCUT2D eigenvalue weighted by molar-refractivity contribution is 5.52. The predicted octanol–water partition coefficient (Wildman–Crippen LogP) is 2.12. The van der Waals surface area contributed by atoms with Crippen LogP contribution in [-0.4, -0.2) is 29.6 Å². The van der Waals surface area contributed by atoms with Crippen LogP contribution in [0, 0.1) is 0 Å². The summed E-state index contributed by atoms with van der Waals surface area (Å²) in [6, 6.07) is 2.38. The highest BCUT2D eigenvalue weighted by Crippen LogP contribution is 2.19. The Kier molecular flexibility index (Phi) is 5.00. The molecule has 1 atom stereocenters. The molecule has 5 nitrogen and oxygen atoms in total. The van der Waals surface area contributed by atoms with Crippen molar-refractivity contribution in [3.63, 3.8) is 0 Å². The van der Waals surface area contributed by atoms with E-state index in [0.29, 0.717) is 12.0 Å². The van der Waals surface area contributed by atoms with Crippen molar-refractivity contribution in [2.45, 2.75) is 39.7 Å². The molecule has 0 saturated heterocycles. The summed E-state index contributed by atoms with van der Waals surface area (Å²) in [5.41, 5.74) is 5.71. The van der Waals surface area contributed by atoms with Crippen molar-refractivity contribution in [3.8, 4) is 0 Å². The van der Waals surface area contributed by atoms with Crippen molar-refractivity contribution in [2.24, 2.45) is 0 Å². The number of nitrogens with two attached hydrogens (primary N) is 1. The molecule has 3 N–H and O–H groups in total. The largest absolute Gasteiger partial charge is 0.370 e. The van der Waals surface area contributed by atoms with E-state index >= 15 is 0 Å². The summed E-state index contributed by atoms with van der Waals surface area (Å²) in [4.78, 5) is 10.6. The Balaban J connectivity index is 2.88. The molecule has 1 rings (SSSR count). The van der Waals surface area contributed by atoms with Crippen molar-refractivity contribution in [3.05, 3.63) is 6.07 Å². The van der Waals surface area contributed by atoms with Crippen LogP contribution in [0.15, 0.2) is 6.07 Å². The molecule has 0 radical (unpaired) electrons. The van der Waals surface area contributed by atoms with Crippen LogP contribution in [-0.2, 0) is 0 Å². The minimum Gasteiger partial charge on any atom is -0.370 e. The van der Waals surface area contributed by atoms with E-state index in [1.165, 1.54) is 0 Å². The molecule has 0 bridgehead atoms. The molecule has 1 aromatic rings. The van der Waals surface area contributed by atoms with E-state index in [1.54, 1.807) is 0 Å². The molecule has 5 heteroatoms. The number of nitrogens with zero attached hydrogens (tertiary/aromatic N) is 3. The zero-order chi connectivity index (χ0) is 12.8. The Morgan fingerprint density at radius 1 is 1.41 bits per heavy atom. The van der Waals surface area contributed by atoms with E-state index in [1.807, 2.05) is 20.0 Å². The number of nitrogen functional groups attached to an aromatic ring is 1. The Hall–Kier alpha value is -1.52. The van der Waals surface area contributed by atoms with Gasteiger partial charge in [0.1, 0.15) is 11.6 Å². The Morgan fingerprint density at radius 2 is 2.12 bits per heavy atom. The molecule has 0 spiro atoms. The van der Waals surface area contributed by atoms with E-state index in [2.05, 4.69) is 34.0 Å². The summed E-state index contributed by atoms with van der Waals surface area (Å²) < 4.78 is 0. The van der Waals surface area contributed by atoms with Crippen molar-refractivity contribution >= 4 is 17.6 Å². The van der Waals surface area contributed by atoms with Crippen LogP contribution in [0.2, 0.25) is 0 Å². The second kappa shape index (κ2) is 6.27. The van der Waals surface area contributed by atoms with Gasteiger partial charge in [0, 0.05) is 25.7 Å². The van der Waals surface area contributed by atoms with Gasteiger partial charge in [0.25, 0.3) is 0 Å². The third-order valence-electron chi connectivity index (χ3n) is 2.82. The first-order chi connectivity index (χ1) is 8.08. The Labute approximate surface area is 103 Å². The maximum atomic E-state index is 5.71. The van der Waals surface area contributed by atoms with E-state index < -0.39 is 0 Å². The van der Waals surface area contributed by atoms with Gasteiger partial charge in [-0.2, -0.15) is 9.97 Å². The van der Waals surface area contributed by atoms with Gasteiger partial charge < -0.3 is 16.0 Å².